The number of hydrogen-bond donors (Lipinski definition) is 0. The van der Waals surface area contributed by atoms with E-state index in [2.05, 4.69) is 24.5 Å². The van der Waals surface area contributed by atoms with Gasteiger partial charge in [-0.1, -0.05) is 9.61 Å². The van der Waals surface area contributed by atoms with Crippen LogP contribution in [0.15, 0.2) is 30.7 Å². The van der Waals surface area contributed by atoms with Crippen LogP contribution < -0.4 is 4.90 Å². The van der Waals surface area contributed by atoms with Crippen molar-refractivity contribution in [3.8, 4) is 0 Å². The molecule has 9 nitrogen and oxygen atoms in total. The molecule has 3 aromatic rings. The number of nitrogens with zero attached hydrogens (tertiary/aromatic N) is 7. The number of aromatic nitrogens is 5. The molecule has 1 fully saturated rings. The summed E-state index contributed by atoms with van der Waals surface area (Å²) in [6.45, 7) is 3.70. The van der Waals surface area contributed by atoms with Crippen LogP contribution in [0.4, 0.5) is 11.6 Å². The summed E-state index contributed by atoms with van der Waals surface area (Å²) in [6.07, 6.45) is 7.15. The van der Waals surface area contributed by atoms with E-state index in [9.17, 15) is 10.1 Å². The average molecular weight is 327 g/mol. The molecule has 4 heterocycles. The highest BCUT2D eigenvalue weighted by Gasteiger charge is 2.28. The first-order valence-electron chi connectivity index (χ1n) is 7.87. The van der Waals surface area contributed by atoms with E-state index < -0.39 is 4.92 Å². The van der Waals surface area contributed by atoms with E-state index in [-0.39, 0.29) is 5.82 Å². The maximum absolute atomic E-state index is 11.1. The molecule has 0 N–H and O–H groups in total. The molecule has 1 aliphatic rings. The van der Waals surface area contributed by atoms with Gasteiger partial charge in [0, 0.05) is 37.6 Å². The third-order valence-corrected chi connectivity index (χ3v) is 4.52. The Labute approximate surface area is 137 Å². The predicted molar refractivity (Wildman–Crippen MR) is 87.0 cm³/mol. The molecule has 0 amide bonds. The molecule has 124 valence electrons. The molecule has 1 atom stereocenters. The molecule has 0 saturated carbocycles. The van der Waals surface area contributed by atoms with Crippen LogP contribution in [0.5, 0.6) is 0 Å². The van der Waals surface area contributed by atoms with Gasteiger partial charge in [-0.3, -0.25) is 0 Å². The minimum absolute atomic E-state index is 0.118. The van der Waals surface area contributed by atoms with Crippen molar-refractivity contribution in [1.29, 1.82) is 0 Å². The van der Waals surface area contributed by atoms with E-state index in [1.165, 1.54) is 10.7 Å². The van der Waals surface area contributed by atoms with Gasteiger partial charge < -0.3 is 19.6 Å². The van der Waals surface area contributed by atoms with Crippen molar-refractivity contribution in [3.05, 3.63) is 46.7 Å². The van der Waals surface area contributed by atoms with E-state index in [0.717, 1.165) is 37.6 Å². The molecule has 0 aliphatic carbocycles. The highest BCUT2D eigenvalue weighted by Crippen LogP contribution is 2.26. The Hall–Kier alpha value is -2.97. The quantitative estimate of drug-likeness (QED) is 0.536. The van der Waals surface area contributed by atoms with Crippen molar-refractivity contribution >= 4 is 17.3 Å². The second kappa shape index (κ2) is 5.59. The van der Waals surface area contributed by atoms with E-state index in [1.807, 2.05) is 19.2 Å². The van der Waals surface area contributed by atoms with Crippen LogP contribution in [0, 0.1) is 17.0 Å². The summed E-state index contributed by atoms with van der Waals surface area (Å²) in [6, 6.07) is 3.95. The lowest BCUT2D eigenvalue weighted by Crippen LogP contribution is -2.34. The first-order valence-corrected chi connectivity index (χ1v) is 7.87. The van der Waals surface area contributed by atoms with Crippen LogP contribution in [-0.2, 0) is 6.54 Å². The zero-order valence-electron chi connectivity index (χ0n) is 13.2. The van der Waals surface area contributed by atoms with Gasteiger partial charge >= 0.3 is 5.82 Å². The van der Waals surface area contributed by atoms with E-state index in [0.29, 0.717) is 11.7 Å². The van der Waals surface area contributed by atoms with Crippen LogP contribution in [0.3, 0.4) is 0 Å². The minimum atomic E-state index is -0.465. The molecule has 0 unspecified atom stereocenters. The summed E-state index contributed by atoms with van der Waals surface area (Å²) in [5, 5.41) is 15.6. The maximum Gasteiger partial charge on any atom is 0.368 e. The largest absolute Gasteiger partial charge is 0.368 e. The van der Waals surface area contributed by atoms with Crippen molar-refractivity contribution in [2.75, 3.05) is 11.4 Å². The zero-order valence-corrected chi connectivity index (χ0v) is 13.2. The highest BCUT2D eigenvalue weighted by atomic mass is 16.6. The minimum Gasteiger partial charge on any atom is -0.358 e. The molecule has 0 bridgehead atoms. The Kier molecular flexibility index (Phi) is 3.40. The standard InChI is InChI=1S/C15H17N7O2/c1-11-16-6-8-19(11)10-12-3-2-7-20(12)14-5-4-13-17-9-15(22(23)24)21(13)18-14/h4-6,8-9,12H,2-3,7,10H2,1H3/t12-/m0/s1. The summed E-state index contributed by atoms with van der Waals surface area (Å²) in [5.41, 5.74) is 0.478. The molecular formula is C15H17N7O2. The monoisotopic (exact) mass is 327 g/mol. The third-order valence-electron chi connectivity index (χ3n) is 4.52. The normalized spacial score (nSPS) is 17.7. The third kappa shape index (κ3) is 2.38. The Morgan fingerprint density at radius 1 is 1.38 bits per heavy atom. The Bertz CT molecular complexity index is 900. The van der Waals surface area contributed by atoms with E-state index in [1.54, 1.807) is 12.3 Å². The lowest BCUT2D eigenvalue weighted by Gasteiger charge is -2.25. The van der Waals surface area contributed by atoms with Crippen LogP contribution in [0.1, 0.15) is 18.7 Å². The zero-order chi connectivity index (χ0) is 16.7. The fourth-order valence-corrected chi connectivity index (χ4v) is 3.28. The number of aryl methyl sites for hydroxylation is 1. The number of nitro groups is 1. The smallest absolute Gasteiger partial charge is 0.358 e. The number of imidazole rings is 2. The van der Waals surface area contributed by atoms with Gasteiger partial charge in [0.25, 0.3) is 0 Å². The second-order valence-corrected chi connectivity index (χ2v) is 5.95. The summed E-state index contributed by atoms with van der Waals surface area (Å²) in [5.74, 6) is 1.60. The van der Waals surface area contributed by atoms with Crippen LogP contribution >= 0.6 is 0 Å². The summed E-state index contributed by atoms with van der Waals surface area (Å²) in [7, 11) is 0. The highest BCUT2D eigenvalue weighted by molar-refractivity contribution is 5.50. The fourth-order valence-electron chi connectivity index (χ4n) is 3.28. The molecule has 0 radical (unpaired) electrons. The number of hydrogen-bond acceptors (Lipinski definition) is 6. The van der Waals surface area contributed by atoms with Gasteiger partial charge in [0.05, 0.1) is 0 Å². The van der Waals surface area contributed by atoms with Crippen molar-refractivity contribution in [2.45, 2.75) is 32.4 Å². The lowest BCUT2D eigenvalue weighted by atomic mass is 10.2. The molecule has 0 aromatic carbocycles. The first kappa shape index (κ1) is 14.6. The molecule has 9 heteroatoms. The van der Waals surface area contributed by atoms with Crippen molar-refractivity contribution in [3.63, 3.8) is 0 Å². The summed E-state index contributed by atoms with van der Waals surface area (Å²) < 4.78 is 3.42. The summed E-state index contributed by atoms with van der Waals surface area (Å²) >= 11 is 0. The first-order chi connectivity index (χ1) is 11.6. The molecule has 24 heavy (non-hydrogen) atoms. The Balaban J connectivity index is 1.66. The van der Waals surface area contributed by atoms with Gasteiger partial charge in [0.1, 0.15) is 12.0 Å². The van der Waals surface area contributed by atoms with Crippen LogP contribution in [0.2, 0.25) is 0 Å². The number of fused-ring (bicyclic) bond motifs is 1. The van der Waals surface area contributed by atoms with Gasteiger partial charge in [0.2, 0.25) is 5.65 Å². The maximum atomic E-state index is 11.1. The second-order valence-electron chi connectivity index (χ2n) is 5.95. The number of anilines is 1. The molecule has 3 aromatic heterocycles. The van der Waals surface area contributed by atoms with Crippen LogP contribution in [0.25, 0.3) is 5.65 Å². The fraction of sp³-hybridized carbons (Fsp3) is 0.400. The van der Waals surface area contributed by atoms with Crippen molar-refractivity contribution in [1.82, 2.24) is 24.1 Å². The Morgan fingerprint density at radius 3 is 3.00 bits per heavy atom. The molecule has 1 aliphatic heterocycles. The van der Waals surface area contributed by atoms with Gasteiger partial charge in [-0.05, 0) is 30.8 Å². The van der Waals surface area contributed by atoms with Crippen molar-refractivity contribution in [2.24, 2.45) is 0 Å². The van der Waals surface area contributed by atoms with Gasteiger partial charge in [-0.15, -0.1) is 0 Å². The molecule has 4 rings (SSSR count). The van der Waals surface area contributed by atoms with E-state index >= 15 is 0 Å². The molecular weight excluding hydrogens is 310 g/mol. The van der Waals surface area contributed by atoms with Gasteiger partial charge in [-0.25, -0.2) is 9.97 Å². The summed E-state index contributed by atoms with van der Waals surface area (Å²) in [4.78, 5) is 21.1. The Morgan fingerprint density at radius 2 is 2.25 bits per heavy atom. The molecule has 0 spiro atoms. The molecule has 1 saturated heterocycles. The van der Waals surface area contributed by atoms with Gasteiger partial charge in [0.15, 0.2) is 5.82 Å². The average Bonchev–Trinajstić information content (AvgIpc) is 3.27. The van der Waals surface area contributed by atoms with Crippen LogP contribution in [-0.4, -0.2) is 41.7 Å². The SMILES string of the molecule is Cc1nccn1C[C@@H]1CCCN1c1ccc2ncc([N+](=O)[O-])n2n1. The van der Waals surface area contributed by atoms with Crippen molar-refractivity contribution < 1.29 is 4.92 Å². The number of rotatable bonds is 4. The van der Waals surface area contributed by atoms with Gasteiger partial charge in [-0.2, -0.15) is 0 Å². The predicted octanol–water partition coefficient (Wildman–Crippen LogP) is 1.81. The lowest BCUT2D eigenvalue weighted by molar-refractivity contribution is -0.391. The van der Waals surface area contributed by atoms with E-state index in [4.69, 9.17) is 0 Å². The topological polar surface area (TPSA) is 94.4 Å².